The van der Waals surface area contributed by atoms with Crippen LogP contribution >= 0.6 is 11.3 Å². The Labute approximate surface area is 162 Å². The van der Waals surface area contributed by atoms with Gasteiger partial charge in [0.25, 0.3) is 0 Å². The first-order valence-corrected chi connectivity index (χ1v) is 9.77. The summed E-state index contributed by atoms with van der Waals surface area (Å²) in [6, 6.07) is 15.4. The molecular weight excluding hydrogens is 358 g/mol. The van der Waals surface area contributed by atoms with Crippen LogP contribution < -0.4 is 0 Å². The van der Waals surface area contributed by atoms with E-state index in [1.807, 2.05) is 31.2 Å². The molecule has 1 unspecified atom stereocenters. The lowest BCUT2D eigenvalue weighted by atomic mass is 9.95. The van der Waals surface area contributed by atoms with Crippen molar-refractivity contribution >= 4 is 27.4 Å². The molecule has 0 amide bonds. The second-order valence-corrected chi connectivity index (χ2v) is 7.90. The van der Waals surface area contributed by atoms with Crippen LogP contribution in [0.25, 0.3) is 10.1 Å². The minimum Gasteiger partial charge on any atom is -0.508 e. The lowest BCUT2D eigenvalue weighted by Gasteiger charge is -2.11. The smallest absolute Gasteiger partial charge is 0.306 e. The number of carboxylic acids is 1. The second-order valence-electron chi connectivity index (χ2n) is 6.73. The summed E-state index contributed by atoms with van der Waals surface area (Å²) >= 11 is 1.71. The normalized spacial score (nSPS) is 12.0. The number of fused-ring (bicyclic) bond motifs is 1. The van der Waals surface area contributed by atoms with Gasteiger partial charge in [0.15, 0.2) is 0 Å². The molecule has 2 N–H and O–H groups in total. The zero-order valence-electron chi connectivity index (χ0n) is 15.1. The number of carbonyl (C=O) groups is 1. The van der Waals surface area contributed by atoms with Crippen molar-refractivity contribution < 1.29 is 15.0 Å². The van der Waals surface area contributed by atoms with Gasteiger partial charge in [0.1, 0.15) is 5.75 Å². The summed E-state index contributed by atoms with van der Waals surface area (Å²) in [5, 5.41) is 29.4. The Morgan fingerprint density at radius 1 is 1.15 bits per heavy atom. The van der Waals surface area contributed by atoms with Crippen molar-refractivity contribution in [3.8, 4) is 11.8 Å². The molecule has 0 aliphatic carbocycles. The number of benzene rings is 2. The van der Waals surface area contributed by atoms with E-state index in [1.165, 1.54) is 4.88 Å². The Hall–Kier alpha value is -2.84. The number of hydrogen-bond donors (Lipinski definition) is 2. The number of rotatable bonds is 7. The summed E-state index contributed by atoms with van der Waals surface area (Å²) < 4.78 is 1.16. The Kier molecular flexibility index (Phi) is 5.78. The van der Waals surface area contributed by atoms with E-state index >= 15 is 0 Å². The van der Waals surface area contributed by atoms with Crippen LogP contribution in [0, 0.1) is 17.2 Å². The fourth-order valence-electron chi connectivity index (χ4n) is 3.25. The quantitative estimate of drug-likeness (QED) is 0.611. The van der Waals surface area contributed by atoms with Gasteiger partial charge in [-0.05, 0) is 78.6 Å². The highest BCUT2D eigenvalue weighted by atomic mass is 32.1. The predicted molar refractivity (Wildman–Crippen MR) is 107 cm³/mol. The summed E-state index contributed by atoms with van der Waals surface area (Å²) in [5.74, 6) is -1.06. The highest BCUT2D eigenvalue weighted by molar-refractivity contribution is 7.19. The average Bonchev–Trinajstić information content (AvgIpc) is 3.05. The number of carboxylic acid groups (broad SMARTS) is 1. The maximum Gasteiger partial charge on any atom is 0.306 e. The topological polar surface area (TPSA) is 81.3 Å². The van der Waals surface area contributed by atoms with Crippen LogP contribution in [-0.2, 0) is 24.1 Å². The zero-order chi connectivity index (χ0) is 19.4. The van der Waals surface area contributed by atoms with E-state index in [9.17, 15) is 15.0 Å². The van der Waals surface area contributed by atoms with E-state index < -0.39 is 11.9 Å². The minimum atomic E-state index is -0.801. The third-order valence-corrected chi connectivity index (χ3v) is 5.89. The van der Waals surface area contributed by atoms with Gasteiger partial charge in [-0.2, -0.15) is 5.26 Å². The molecule has 1 heterocycles. The average molecular weight is 379 g/mol. The van der Waals surface area contributed by atoms with Crippen molar-refractivity contribution in [2.45, 2.75) is 32.6 Å². The molecule has 2 aromatic carbocycles. The fourth-order valence-corrected chi connectivity index (χ4v) is 4.30. The highest BCUT2D eigenvalue weighted by Gasteiger charge is 2.16. The van der Waals surface area contributed by atoms with Crippen LogP contribution in [0.1, 0.15) is 34.9 Å². The molecule has 5 heteroatoms. The molecule has 0 spiro atoms. The molecule has 0 radical (unpaired) electrons. The summed E-state index contributed by atoms with van der Waals surface area (Å²) in [7, 11) is 0. The molecule has 138 valence electrons. The highest BCUT2D eigenvalue weighted by Crippen LogP contribution is 2.28. The molecule has 0 saturated carbocycles. The van der Waals surface area contributed by atoms with Crippen molar-refractivity contribution in [1.82, 2.24) is 0 Å². The maximum absolute atomic E-state index is 11.3. The number of phenols is 1. The van der Waals surface area contributed by atoms with Gasteiger partial charge in [-0.25, -0.2) is 0 Å². The zero-order valence-corrected chi connectivity index (χ0v) is 15.9. The number of aliphatic carboxylic acids is 1. The Morgan fingerprint density at radius 3 is 2.63 bits per heavy atom. The second kappa shape index (κ2) is 8.24. The lowest BCUT2D eigenvalue weighted by molar-refractivity contribution is -0.141. The van der Waals surface area contributed by atoms with E-state index in [2.05, 4.69) is 12.1 Å². The number of phenolic OH excluding ortho intramolecular Hbond substituents is 1. The SMILES string of the molecule is CCC(Cc1cc(O)cc(CCc2cc3cc(C#N)ccc3s2)c1)C(=O)O. The van der Waals surface area contributed by atoms with Crippen LogP contribution in [0.3, 0.4) is 0 Å². The number of aryl methyl sites for hydroxylation is 2. The number of aromatic hydroxyl groups is 1. The molecular formula is C22H21NO3S. The number of nitriles is 1. The van der Waals surface area contributed by atoms with Gasteiger partial charge >= 0.3 is 5.97 Å². The summed E-state index contributed by atoms with van der Waals surface area (Å²) in [4.78, 5) is 12.5. The van der Waals surface area contributed by atoms with E-state index in [-0.39, 0.29) is 5.75 Å². The van der Waals surface area contributed by atoms with Crippen LogP contribution in [0.4, 0.5) is 0 Å². The molecule has 0 aliphatic heterocycles. The molecule has 27 heavy (non-hydrogen) atoms. The molecule has 0 saturated heterocycles. The Morgan fingerprint density at radius 2 is 1.93 bits per heavy atom. The summed E-state index contributed by atoms with van der Waals surface area (Å²) in [6.45, 7) is 1.86. The molecule has 0 fully saturated rings. The summed E-state index contributed by atoms with van der Waals surface area (Å²) in [6.07, 6.45) is 2.59. The minimum absolute atomic E-state index is 0.178. The van der Waals surface area contributed by atoms with E-state index in [4.69, 9.17) is 5.26 Å². The third kappa shape index (κ3) is 4.66. The van der Waals surface area contributed by atoms with E-state index in [0.717, 1.165) is 34.1 Å². The fraction of sp³-hybridized carbons (Fsp3) is 0.273. The number of thiophene rings is 1. The first-order chi connectivity index (χ1) is 13.0. The van der Waals surface area contributed by atoms with E-state index in [1.54, 1.807) is 23.5 Å². The largest absolute Gasteiger partial charge is 0.508 e. The Balaban J connectivity index is 1.74. The predicted octanol–water partition coefficient (Wildman–Crippen LogP) is 4.92. The van der Waals surface area contributed by atoms with Crippen LogP contribution in [0.15, 0.2) is 42.5 Å². The van der Waals surface area contributed by atoms with Crippen LogP contribution in [-0.4, -0.2) is 16.2 Å². The van der Waals surface area contributed by atoms with Crippen molar-refractivity contribution in [2.75, 3.05) is 0 Å². The first-order valence-electron chi connectivity index (χ1n) is 8.95. The third-order valence-electron chi connectivity index (χ3n) is 4.72. The van der Waals surface area contributed by atoms with Crippen molar-refractivity contribution in [1.29, 1.82) is 5.26 Å². The van der Waals surface area contributed by atoms with Crippen molar-refractivity contribution in [3.05, 3.63) is 64.0 Å². The Bertz CT molecular complexity index is 1020. The van der Waals surface area contributed by atoms with Gasteiger partial charge in [0, 0.05) is 9.58 Å². The molecule has 3 aromatic rings. The molecule has 4 nitrogen and oxygen atoms in total. The maximum atomic E-state index is 11.3. The van der Waals surface area contributed by atoms with Gasteiger partial charge in [-0.15, -0.1) is 11.3 Å². The lowest BCUT2D eigenvalue weighted by Crippen LogP contribution is -2.15. The van der Waals surface area contributed by atoms with Crippen molar-refractivity contribution in [3.63, 3.8) is 0 Å². The van der Waals surface area contributed by atoms with Crippen LogP contribution in [0.5, 0.6) is 5.75 Å². The van der Waals surface area contributed by atoms with Crippen LogP contribution in [0.2, 0.25) is 0 Å². The van der Waals surface area contributed by atoms with Gasteiger partial charge < -0.3 is 10.2 Å². The van der Waals surface area contributed by atoms with Gasteiger partial charge in [0.05, 0.1) is 17.6 Å². The molecule has 0 aliphatic rings. The van der Waals surface area contributed by atoms with E-state index in [0.29, 0.717) is 18.4 Å². The number of nitrogens with zero attached hydrogens (tertiary/aromatic N) is 1. The van der Waals surface area contributed by atoms with Gasteiger partial charge in [0.2, 0.25) is 0 Å². The monoisotopic (exact) mass is 379 g/mol. The molecule has 1 aromatic heterocycles. The molecule has 0 bridgehead atoms. The summed E-state index contributed by atoms with van der Waals surface area (Å²) in [5.41, 5.74) is 2.52. The van der Waals surface area contributed by atoms with Gasteiger partial charge in [-0.3, -0.25) is 4.79 Å². The number of hydrogen-bond acceptors (Lipinski definition) is 4. The molecule has 3 rings (SSSR count). The first kappa shape index (κ1) is 18.9. The van der Waals surface area contributed by atoms with Gasteiger partial charge in [-0.1, -0.05) is 13.0 Å². The van der Waals surface area contributed by atoms with Crippen molar-refractivity contribution in [2.24, 2.45) is 5.92 Å². The standard InChI is InChI=1S/C22H21NO3S/c1-2-17(22(25)26)9-16-7-14(10-19(24)11-16)3-5-20-12-18-8-15(13-23)4-6-21(18)27-20/h4,6-8,10-12,17,24H,2-3,5,9H2,1H3,(H,25,26). The molecule has 1 atom stereocenters.